The number of hydrogen-bond acceptors (Lipinski definition) is 5. The Kier molecular flexibility index (Phi) is 4.02. The summed E-state index contributed by atoms with van der Waals surface area (Å²) in [7, 11) is 1.42. The predicted octanol–water partition coefficient (Wildman–Crippen LogP) is 2.59. The maximum atomic E-state index is 12.5. The van der Waals surface area contributed by atoms with Gasteiger partial charge in [-0.3, -0.25) is 9.59 Å². The van der Waals surface area contributed by atoms with Gasteiger partial charge in [0.2, 0.25) is 0 Å². The first-order valence-corrected chi connectivity index (χ1v) is 9.41. The zero-order valence-corrected chi connectivity index (χ0v) is 15.2. The summed E-state index contributed by atoms with van der Waals surface area (Å²) >= 11 is 1.74. The first kappa shape index (κ1) is 16.5. The molecule has 6 heteroatoms. The van der Waals surface area contributed by atoms with Crippen molar-refractivity contribution in [2.24, 2.45) is 5.41 Å². The Morgan fingerprint density at radius 1 is 1.28 bits per heavy atom. The average Bonchev–Trinajstić information content (AvgIpc) is 2.92. The minimum absolute atomic E-state index is 0.0555. The molecule has 1 aliphatic heterocycles. The number of ether oxygens (including phenoxy) is 2. The van der Waals surface area contributed by atoms with Gasteiger partial charge in [0.25, 0.3) is 5.91 Å². The smallest absolute Gasteiger partial charge is 0.319 e. The standard InChI is InChI=1S/C19H21NO4S/c1-11-6-8-12(9-7-11)24-10-15(21)20-16-17-19(16,18(22)23-2)13-4-3-5-14(13)25-17/h6-9,16-17H,3-5,10H2,1-2H3,(H,20,21). The van der Waals surface area contributed by atoms with Crippen LogP contribution < -0.4 is 10.1 Å². The fourth-order valence-electron chi connectivity index (χ4n) is 4.04. The largest absolute Gasteiger partial charge is 0.484 e. The Hall–Kier alpha value is -1.95. The molecule has 0 aromatic heterocycles. The Balaban J connectivity index is 1.40. The van der Waals surface area contributed by atoms with Crippen LogP contribution in [0.3, 0.4) is 0 Å². The summed E-state index contributed by atoms with van der Waals surface area (Å²) in [6, 6.07) is 7.38. The van der Waals surface area contributed by atoms with Crippen molar-refractivity contribution in [3.05, 3.63) is 40.3 Å². The number of thioether (sulfide) groups is 1. The molecule has 0 radical (unpaired) electrons. The summed E-state index contributed by atoms with van der Waals surface area (Å²) in [5.41, 5.74) is 1.70. The van der Waals surface area contributed by atoms with Gasteiger partial charge in [0.15, 0.2) is 6.61 Å². The van der Waals surface area contributed by atoms with E-state index in [4.69, 9.17) is 9.47 Å². The molecule has 2 aliphatic carbocycles. The molecule has 0 saturated heterocycles. The maximum absolute atomic E-state index is 12.5. The molecule has 1 amide bonds. The SMILES string of the molecule is COC(=O)C12C3=C(CCC3)SC1C2NC(=O)COc1ccc(C)cc1. The molecule has 0 spiro atoms. The third-order valence-electron chi connectivity index (χ3n) is 5.30. The molecule has 1 aromatic rings. The van der Waals surface area contributed by atoms with Gasteiger partial charge in [-0.2, -0.15) is 0 Å². The summed E-state index contributed by atoms with van der Waals surface area (Å²) in [5, 5.41) is 3.06. The van der Waals surface area contributed by atoms with Crippen molar-refractivity contribution in [1.82, 2.24) is 5.32 Å². The van der Waals surface area contributed by atoms with E-state index in [1.54, 1.807) is 11.8 Å². The highest BCUT2D eigenvalue weighted by Crippen LogP contribution is 2.70. The minimum atomic E-state index is -0.634. The number of carbonyl (C=O) groups is 2. The highest BCUT2D eigenvalue weighted by Gasteiger charge is 2.77. The molecule has 5 nitrogen and oxygen atoms in total. The van der Waals surface area contributed by atoms with Crippen molar-refractivity contribution in [3.63, 3.8) is 0 Å². The van der Waals surface area contributed by atoms with E-state index in [2.05, 4.69) is 5.32 Å². The predicted molar refractivity (Wildman–Crippen MR) is 95.3 cm³/mol. The Morgan fingerprint density at radius 3 is 2.76 bits per heavy atom. The van der Waals surface area contributed by atoms with Crippen LogP contribution in [0.2, 0.25) is 0 Å². The second-order valence-corrected chi connectivity index (χ2v) is 8.04. The summed E-state index contributed by atoms with van der Waals surface area (Å²) < 4.78 is 10.6. The molecule has 1 heterocycles. The zero-order chi connectivity index (χ0) is 17.6. The van der Waals surface area contributed by atoms with Gasteiger partial charge < -0.3 is 14.8 Å². The van der Waals surface area contributed by atoms with Gasteiger partial charge >= 0.3 is 5.97 Å². The van der Waals surface area contributed by atoms with Crippen LogP contribution in [0.25, 0.3) is 0 Å². The van der Waals surface area contributed by atoms with Crippen molar-refractivity contribution in [3.8, 4) is 5.75 Å². The second-order valence-electron chi connectivity index (χ2n) is 6.80. The van der Waals surface area contributed by atoms with E-state index in [1.165, 1.54) is 17.6 Å². The van der Waals surface area contributed by atoms with Gasteiger partial charge in [-0.05, 0) is 48.8 Å². The summed E-state index contributed by atoms with van der Waals surface area (Å²) in [4.78, 5) is 26.1. The number of hydrogen-bond donors (Lipinski definition) is 1. The molecular formula is C19H21NO4S. The second kappa shape index (κ2) is 6.09. The van der Waals surface area contributed by atoms with Crippen LogP contribution in [0.5, 0.6) is 5.75 Å². The van der Waals surface area contributed by atoms with Gasteiger partial charge in [0.05, 0.1) is 18.4 Å². The molecule has 3 unspecified atom stereocenters. The van der Waals surface area contributed by atoms with Crippen molar-refractivity contribution < 1.29 is 19.1 Å². The molecule has 1 N–H and O–H groups in total. The third kappa shape index (κ3) is 2.54. The highest BCUT2D eigenvalue weighted by molar-refractivity contribution is 8.04. The van der Waals surface area contributed by atoms with E-state index in [1.807, 2.05) is 31.2 Å². The van der Waals surface area contributed by atoms with Gasteiger partial charge in [0, 0.05) is 0 Å². The van der Waals surface area contributed by atoms with Crippen molar-refractivity contribution >= 4 is 23.6 Å². The van der Waals surface area contributed by atoms with E-state index in [0.29, 0.717) is 5.75 Å². The summed E-state index contributed by atoms with van der Waals surface area (Å²) in [6.45, 7) is 1.94. The molecule has 3 aliphatic rings. The minimum Gasteiger partial charge on any atom is -0.484 e. The van der Waals surface area contributed by atoms with Gasteiger partial charge in [-0.25, -0.2) is 0 Å². The van der Waals surface area contributed by atoms with Crippen LogP contribution in [-0.4, -0.2) is 36.9 Å². The average molecular weight is 359 g/mol. The number of methoxy groups -OCH3 is 1. The number of aryl methyl sites for hydroxylation is 1. The van der Waals surface area contributed by atoms with Gasteiger partial charge in [-0.15, -0.1) is 11.8 Å². The molecule has 25 heavy (non-hydrogen) atoms. The first-order valence-electron chi connectivity index (χ1n) is 8.53. The van der Waals surface area contributed by atoms with Crippen LogP contribution in [0.1, 0.15) is 24.8 Å². The molecule has 1 aromatic carbocycles. The Labute approximate surface area is 151 Å². The normalized spacial score (nSPS) is 29.0. The van der Waals surface area contributed by atoms with E-state index in [-0.39, 0.29) is 29.8 Å². The number of benzene rings is 1. The van der Waals surface area contributed by atoms with E-state index < -0.39 is 5.41 Å². The van der Waals surface area contributed by atoms with Crippen molar-refractivity contribution in [2.75, 3.05) is 13.7 Å². The summed E-state index contributed by atoms with van der Waals surface area (Å²) in [5.74, 6) is 0.236. The van der Waals surface area contributed by atoms with Crippen LogP contribution >= 0.6 is 11.8 Å². The topological polar surface area (TPSA) is 64.6 Å². The van der Waals surface area contributed by atoms with Gasteiger partial charge in [0.1, 0.15) is 11.2 Å². The van der Waals surface area contributed by atoms with E-state index >= 15 is 0 Å². The molecule has 0 bridgehead atoms. The van der Waals surface area contributed by atoms with Crippen LogP contribution in [0.15, 0.2) is 34.7 Å². The number of rotatable bonds is 5. The van der Waals surface area contributed by atoms with Gasteiger partial charge in [-0.1, -0.05) is 17.7 Å². The van der Waals surface area contributed by atoms with Crippen LogP contribution in [-0.2, 0) is 14.3 Å². The number of fused-ring (bicyclic) bond motifs is 2. The van der Waals surface area contributed by atoms with E-state index in [9.17, 15) is 9.59 Å². The summed E-state index contributed by atoms with van der Waals surface area (Å²) in [6.07, 6.45) is 3.06. The number of carbonyl (C=O) groups excluding carboxylic acids is 2. The fourth-order valence-corrected chi connectivity index (χ4v) is 5.93. The molecular weight excluding hydrogens is 338 g/mol. The van der Waals surface area contributed by atoms with E-state index in [0.717, 1.165) is 24.8 Å². The lowest BCUT2D eigenvalue weighted by Crippen LogP contribution is -2.37. The lowest BCUT2D eigenvalue weighted by atomic mass is 9.94. The lowest BCUT2D eigenvalue weighted by Gasteiger charge is -2.16. The number of allylic oxidation sites excluding steroid dienone is 1. The third-order valence-corrected chi connectivity index (χ3v) is 6.93. The number of nitrogens with one attached hydrogen (secondary N) is 1. The molecule has 1 fully saturated rings. The van der Waals surface area contributed by atoms with Crippen molar-refractivity contribution in [1.29, 1.82) is 0 Å². The highest BCUT2D eigenvalue weighted by atomic mass is 32.2. The molecule has 4 rings (SSSR count). The van der Waals surface area contributed by atoms with Crippen LogP contribution in [0, 0.1) is 12.3 Å². The molecule has 3 atom stereocenters. The van der Waals surface area contributed by atoms with Crippen molar-refractivity contribution in [2.45, 2.75) is 37.5 Å². The first-order chi connectivity index (χ1) is 12.1. The fraction of sp³-hybridized carbons (Fsp3) is 0.474. The zero-order valence-electron chi connectivity index (χ0n) is 14.3. The number of amides is 1. The molecule has 132 valence electrons. The Morgan fingerprint density at radius 2 is 2.04 bits per heavy atom. The lowest BCUT2D eigenvalue weighted by molar-refractivity contribution is -0.145. The van der Waals surface area contributed by atoms with Crippen LogP contribution in [0.4, 0.5) is 0 Å². The monoisotopic (exact) mass is 359 g/mol. The maximum Gasteiger partial charge on any atom is 0.319 e. The molecule has 1 saturated carbocycles. The number of esters is 1. The Bertz CT molecular complexity index is 757. The quantitative estimate of drug-likeness (QED) is 0.819.